The lowest BCUT2D eigenvalue weighted by molar-refractivity contribution is 0.330. The SMILES string of the molecule is CCCCN(C)CCc1cc(Nc2ncc3c(n2)-c2ccccc2C(c2ccccc2F)C3)ccc1F. The van der Waals surface area contributed by atoms with Crippen molar-refractivity contribution in [2.75, 3.05) is 25.5 Å². The van der Waals surface area contributed by atoms with Gasteiger partial charge in [-0.3, -0.25) is 0 Å². The molecule has 0 aliphatic heterocycles. The zero-order valence-electron chi connectivity index (χ0n) is 21.3. The number of aromatic nitrogens is 2. The van der Waals surface area contributed by atoms with E-state index in [1.54, 1.807) is 12.1 Å². The van der Waals surface area contributed by atoms with Crippen LogP contribution in [-0.4, -0.2) is 35.0 Å². The lowest BCUT2D eigenvalue weighted by Gasteiger charge is -2.27. The Labute approximate surface area is 217 Å². The Balaban J connectivity index is 1.38. The van der Waals surface area contributed by atoms with E-state index in [9.17, 15) is 8.78 Å². The highest BCUT2D eigenvalue weighted by Gasteiger charge is 2.29. The molecular weight excluding hydrogens is 466 g/mol. The van der Waals surface area contributed by atoms with Crippen LogP contribution in [0.4, 0.5) is 20.4 Å². The average Bonchev–Trinajstić information content (AvgIpc) is 2.92. The van der Waals surface area contributed by atoms with Gasteiger partial charge in [0.25, 0.3) is 0 Å². The van der Waals surface area contributed by atoms with Crippen LogP contribution in [0.3, 0.4) is 0 Å². The highest BCUT2D eigenvalue weighted by Crippen LogP contribution is 2.42. The van der Waals surface area contributed by atoms with Gasteiger partial charge in [-0.1, -0.05) is 55.8 Å². The maximum Gasteiger partial charge on any atom is 0.227 e. The van der Waals surface area contributed by atoms with Crippen molar-refractivity contribution in [2.24, 2.45) is 0 Å². The number of rotatable bonds is 9. The number of benzene rings is 3. The molecule has 1 atom stereocenters. The van der Waals surface area contributed by atoms with Crippen LogP contribution in [0.25, 0.3) is 11.3 Å². The van der Waals surface area contributed by atoms with Gasteiger partial charge in [-0.2, -0.15) is 0 Å². The summed E-state index contributed by atoms with van der Waals surface area (Å²) in [7, 11) is 2.07. The standard InChI is InChI=1S/C31H32F2N4/c1-3-4-16-37(2)17-15-21-18-23(13-14-28(21)32)35-31-34-20-22-19-27(25-10-7-8-12-29(25)33)24-9-5-6-11-26(24)30(22)36-31/h5-14,18,20,27H,3-4,15-17,19H2,1-2H3,(H,34,35,36). The van der Waals surface area contributed by atoms with Gasteiger partial charge in [0, 0.05) is 29.9 Å². The van der Waals surface area contributed by atoms with Crippen molar-refractivity contribution < 1.29 is 8.78 Å². The second-order valence-electron chi connectivity index (χ2n) is 9.77. The molecule has 0 saturated carbocycles. The van der Waals surface area contributed by atoms with Gasteiger partial charge in [0.1, 0.15) is 11.6 Å². The lowest BCUT2D eigenvalue weighted by Crippen LogP contribution is -2.22. The van der Waals surface area contributed by atoms with Crippen LogP contribution in [-0.2, 0) is 12.8 Å². The number of fused-ring (bicyclic) bond motifs is 3. The van der Waals surface area contributed by atoms with E-state index in [-0.39, 0.29) is 17.6 Å². The molecule has 190 valence electrons. The molecule has 3 aromatic carbocycles. The molecule has 0 saturated heterocycles. The number of unbranched alkanes of at least 4 members (excludes halogenated alkanes) is 1. The molecule has 1 aromatic heterocycles. The summed E-state index contributed by atoms with van der Waals surface area (Å²) < 4.78 is 29.2. The molecule has 1 heterocycles. The summed E-state index contributed by atoms with van der Waals surface area (Å²) in [6, 6.07) is 20.0. The molecule has 0 bridgehead atoms. The molecule has 0 amide bonds. The first-order valence-electron chi connectivity index (χ1n) is 13.0. The van der Waals surface area contributed by atoms with Crippen LogP contribution in [0, 0.1) is 11.6 Å². The van der Waals surface area contributed by atoms with Gasteiger partial charge in [0.15, 0.2) is 0 Å². The molecule has 4 nitrogen and oxygen atoms in total. The zero-order valence-corrected chi connectivity index (χ0v) is 21.3. The molecule has 1 aliphatic carbocycles. The second-order valence-corrected chi connectivity index (χ2v) is 9.77. The largest absolute Gasteiger partial charge is 0.324 e. The van der Waals surface area contributed by atoms with E-state index < -0.39 is 0 Å². The summed E-state index contributed by atoms with van der Waals surface area (Å²) in [5.74, 6) is -0.0412. The third-order valence-corrected chi connectivity index (χ3v) is 7.12. The van der Waals surface area contributed by atoms with E-state index in [2.05, 4.69) is 29.2 Å². The molecule has 37 heavy (non-hydrogen) atoms. The number of hydrogen-bond donors (Lipinski definition) is 1. The van der Waals surface area contributed by atoms with Gasteiger partial charge in [0.2, 0.25) is 5.95 Å². The van der Waals surface area contributed by atoms with Gasteiger partial charge in [-0.05, 0) is 79.4 Å². The summed E-state index contributed by atoms with van der Waals surface area (Å²) in [5.41, 5.74) is 5.97. The highest BCUT2D eigenvalue weighted by molar-refractivity contribution is 5.73. The minimum absolute atomic E-state index is 0.0950. The molecule has 0 radical (unpaired) electrons. The number of halogens is 2. The first-order chi connectivity index (χ1) is 18.0. The number of nitrogens with zero attached hydrogens (tertiary/aromatic N) is 3. The van der Waals surface area contributed by atoms with E-state index >= 15 is 0 Å². The van der Waals surface area contributed by atoms with Gasteiger partial charge < -0.3 is 10.2 Å². The number of hydrogen-bond acceptors (Lipinski definition) is 4. The van der Waals surface area contributed by atoms with E-state index in [4.69, 9.17) is 4.98 Å². The van der Waals surface area contributed by atoms with Gasteiger partial charge in [0.05, 0.1) is 5.69 Å². The number of nitrogens with one attached hydrogen (secondary N) is 1. The smallest absolute Gasteiger partial charge is 0.227 e. The fourth-order valence-electron chi connectivity index (χ4n) is 5.06. The quantitative estimate of drug-likeness (QED) is 0.267. The van der Waals surface area contributed by atoms with Crippen LogP contribution in [0.15, 0.2) is 72.9 Å². The number of likely N-dealkylation sites (N-methyl/N-ethyl adjacent to an activating group) is 1. The summed E-state index contributed by atoms with van der Waals surface area (Å²) in [4.78, 5) is 11.6. The van der Waals surface area contributed by atoms with Crippen molar-refractivity contribution in [3.05, 3.63) is 107 Å². The summed E-state index contributed by atoms with van der Waals surface area (Å²) in [5, 5.41) is 3.26. The van der Waals surface area contributed by atoms with Crippen LogP contribution in [0.2, 0.25) is 0 Å². The average molecular weight is 499 g/mol. The topological polar surface area (TPSA) is 41.0 Å². The molecule has 6 heteroatoms. The van der Waals surface area contributed by atoms with E-state index in [0.717, 1.165) is 54.0 Å². The van der Waals surface area contributed by atoms with Gasteiger partial charge in [-0.15, -0.1) is 0 Å². The first kappa shape index (κ1) is 25.0. The maximum atomic E-state index is 14.7. The second kappa shape index (κ2) is 11.2. The van der Waals surface area contributed by atoms with Crippen molar-refractivity contribution in [1.82, 2.24) is 14.9 Å². The molecule has 4 aromatic rings. The fraction of sp³-hybridized carbons (Fsp3) is 0.290. The third-order valence-electron chi connectivity index (χ3n) is 7.12. The fourth-order valence-corrected chi connectivity index (χ4v) is 5.06. The normalized spacial score (nSPS) is 14.4. The minimum atomic E-state index is -0.200. The van der Waals surface area contributed by atoms with Crippen LogP contribution < -0.4 is 5.32 Å². The third kappa shape index (κ3) is 5.54. The molecule has 0 fully saturated rings. The van der Waals surface area contributed by atoms with Crippen molar-refractivity contribution in [3.8, 4) is 11.3 Å². The van der Waals surface area contributed by atoms with Crippen LogP contribution in [0.1, 0.15) is 47.9 Å². The monoisotopic (exact) mass is 498 g/mol. The summed E-state index contributed by atoms with van der Waals surface area (Å²) in [6.45, 7) is 3.99. The highest BCUT2D eigenvalue weighted by atomic mass is 19.1. The Morgan fingerprint density at radius 1 is 0.946 bits per heavy atom. The molecule has 1 N–H and O–H groups in total. The molecule has 0 spiro atoms. The molecule has 1 unspecified atom stereocenters. The summed E-state index contributed by atoms with van der Waals surface area (Å²) >= 11 is 0. The van der Waals surface area contributed by atoms with Crippen molar-refractivity contribution in [2.45, 2.75) is 38.5 Å². The van der Waals surface area contributed by atoms with Gasteiger partial charge in [-0.25, -0.2) is 18.7 Å². The molecular formula is C31H32F2N4. The maximum absolute atomic E-state index is 14.7. The Hall–Kier alpha value is -3.64. The number of anilines is 2. The van der Waals surface area contributed by atoms with E-state index in [1.807, 2.05) is 48.7 Å². The predicted octanol–water partition coefficient (Wildman–Crippen LogP) is 7.13. The van der Waals surface area contributed by atoms with Crippen molar-refractivity contribution >= 4 is 11.6 Å². The van der Waals surface area contributed by atoms with Crippen LogP contribution in [0.5, 0.6) is 0 Å². The Kier molecular flexibility index (Phi) is 7.56. The summed E-state index contributed by atoms with van der Waals surface area (Å²) in [6.07, 6.45) is 5.37. The van der Waals surface area contributed by atoms with Crippen LogP contribution >= 0.6 is 0 Å². The first-order valence-corrected chi connectivity index (χ1v) is 13.0. The predicted molar refractivity (Wildman–Crippen MR) is 145 cm³/mol. The molecule has 1 aliphatic rings. The van der Waals surface area contributed by atoms with Crippen molar-refractivity contribution in [1.29, 1.82) is 0 Å². The van der Waals surface area contributed by atoms with E-state index in [0.29, 0.717) is 29.9 Å². The zero-order chi connectivity index (χ0) is 25.8. The Morgan fingerprint density at radius 2 is 1.73 bits per heavy atom. The molecule has 5 rings (SSSR count). The minimum Gasteiger partial charge on any atom is -0.324 e. The Morgan fingerprint density at radius 3 is 2.54 bits per heavy atom. The lowest BCUT2D eigenvalue weighted by atomic mass is 9.78. The van der Waals surface area contributed by atoms with Gasteiger partial charge >= 0.3 is 0 Å². The van der Waals surface area contributed by atoms with Crippen molar-refractivity contribution in [3.63, 3.8) is 0 Å². The Bertz CT molecular complexity index is 1390. The van der Waals surface area contributed by atoms with E-state index in [1.165, 1.54) is 12.1 Å².